The summed E-state index contributed by atoms with van der Waals surface area (Å²) in [6, 6.07) is 65.1. The van der Waals surface area contributed by atoms with Crippen LogP contribution < -0.4 is 0 Å². The van der Waals surface area contributed by atoms with Crippen LogP contribution in [-0.2, 0) is 5.41 Å². The first-order valence-electron chi connectivity index (χ1n) is 18.4. The van der Waals surface area contributed by atoms with Crippen LogP contribution in [0.25, 0.3) is 92.2 Å². The molecule has 0 unspecified atom stereocenters. The molecule has 0 spiro atoms. The van der Waals surface area contributed by atoms with Crippen LogP contribution in [0.2, 0.25) is 0 Å². The third kappa shape index (κ3) is 4.49. The Bertz CT molecular complexity index is 3070. The highest BCUT2D eigenvalue weighted by Crippen LogP contribution is 2.53. The molecule has 2 heteroatoms. The summed E-state index contributed by atoms with van der Waals surface area (Å²) in [6.45, 7) is 4.79. The molecule has 0 saturated carbocycles. The van der Waals surface area contributed by atoms with Crippen LogP contribution in [0.3, 0.4) is 0 Å². The van der Waals surface area contributed by atoms with Gasteiger partial charge >= 0.3 is 0 Å². The number of hydrogen-bond acceptors (Lipinski definition) is 1. The first-order valence-corrected chi connectivity index (χ1v) is 19.2. The van der Waals surface area contributed by atoms with E-state index in [1.165, 1.54) is 103 Å². The molecular weight excluding hydrogens is 659 g/mol. The van der Waals surface area contributed by atoms with E-state index < -0.39 is 0 Å². The van der Waals surface area contributed by atoms with Gasteiger partial charge in [0.05, 0.1) is 11.0 Å². The van der Waals surface area contributed by atoms with Crippen molar-refractivity contribution in [3.8, 4) is 50.2 Å². The van der Waals surface area contributed by atoms with Crippen LogP contribution in [0.5, 0.6) is 0 Å². The zero-order valence-electron chi connectivity index (χ0n) is 29.6. The number of aromatic nitrogens is 1. The van der Waals surface area contributed by atoms with Gasteiger partial charge in [-0.1, -0.05) is 153 Å². The molecule has 0 amide bonds. The maximum absolute atomic E-state index is 2.54. The van der Waals surface area contributed by atoms with Crippen LogP contribution >= 0.6 is 11.3 Å². The van der Waals surface area contributed by atoms with Crippen molar-refractivity contribution in [2.45, 2.75) is 19.3 Å². The van der Waals surface area contributed by atoms with Crippen LogP contribution in [0.1, 0.15) is 25.0 Å². The highest BCUT2D eigenvalue weighted by Gasteiger charge is 2.38. The van der Waals surface area contributed by atoms with Gasteiger partial charge in [0.1, 0.15) is 0 Å². The number of hydrogen-bond donors (Lipinski definition) is 0. The number of para-hydroxylation sites is 1. The SMILES string of the molecule is CC1(C)c2ccccc2-c2ccc3c4ccccc4n(-c4ccc5sc6cccc(-c7cccc(-c8ccc(-c9ccccc9)cc8)c7)c6c5c4)c3c21. The van der Waals surface area contributed by atoms with Gasteiger partial charge in [0.25, 0.3) is 0 Å². The van der Waals surface area contributed by atoms with Gasteiger partial charge in [-0.3, -0.25) is 0 Å². The molecule has 8 aromatic carbocycles. The van der Waals surface area contributed by atoms with Gasteiger partial charge < -0.3 is 4.57 Å². The minimum absolute atomic E-state index is 0.128. The van der Waals surface area contributed by atoms with Crippen LogP contribution in [-0.4, -0.2) is 4.57 Å². The Kier molecular flexibility index (Phi) is 6.53. The normalized spacial score (nSPS) is 13.2. The fraction of sp³-hybridized carbons (Fsp3) is 0.0588. The predicted molar refractivity (Wildman–Crippen MR) is 228 cm³/mol. The van der Waals surface area contributed by atoms with Crippen molar-refractivity contribution < 1.29 is 0 Å². The van der Waals surface area contributed by atoms with E-state index in [1.54, 1.807) is 0 Å². The van der Waals surface area contributed by atoms with E-state index in [9.17, 15) is 0 Å². The average Bonchev–Trinajstić information content (AvgIpc) is 3.83. The lowest BCUT2D eigenvalue weighted by molar-refractivity contribution is 0.664. The molecular formula is C51H35NS. The van der Waals surface area contributed by atoms with E-state index >= 15 is 0 Å². The van der Waals surface area contributed by atoms with Crippen molar-refractivity contribution in [1.82, 2.24) is 4.57 Å². The zero-order chi connectivity index (χ0) is 35.3. The second-order valence-electron chi connectivity index (χ2n) is 14.9. The maximum atomic E-state index is 2.54. The van der Waals surface area contributed by atoms with Gasteiger partial charge in [-0.25, -0.2) is 0 Å². The summed E-state index contributed by atoms with van der Waals surface area (Å²) in [7, 11) is 0. The fourth-order valence-electron chi connectivity index (χ4n) is 9.13. The number of thiophene rings is 1. The summed E-state index contributed by atoms with van der Waals surface area (Å²) >= 11 is 1.89. The molecule has 10 aromatic rings. The number of nitrogens with zero attached hydrogens (tertiary/aromatic N) is 1. The summed E-state index contributed by atoms with van der Waals surface area (Å²) in [5, 5.41) is 5.23. The molecule has 0 radical (unpaired) electrons. The third-order valence-corrected chi connectivity index (χ3v) is 12.7. The minimum atomic E-state index is -0.128. The summed E-state index contributed by atoms with van der Waals surface area (Å²) in [4.78, 5) is 0. The molecule has 0 N–H and O–H groups in total. The first kappa shape index (κ1) is 30.4. The van der Waals surface area contributed by atoms with E-state index in [0.717, 1.165) is 0 Å². The highest BCUT2D eigenvalue weighted by molar-refractivity contribution is 7.26. The molecule has 1 nitrogen and oxygen atoms in total. The van der Waals surface area contributed by atoms with Gasteiger partial charge in [-0.05, 0) is 92.0 Å². The lowest BCUT2D eigenvalue weighted by Gasteiger charge is -2.23. The summed E-state index contributed by atoms with van der Waals surface area (Å²) in [6.07, 6.45) is 0. The van der Waals surface area contributed by atoms with Gasteiger partial charge in [-0.15, -0.1) is 11.3 Å². The van der Waals surface area contributed by atoms with Crippen LogP contribution in [0.15, 0.2) is 176 Å². The summed E-state index contributed by atoms with van der Waals surface area (Å²) < 4.78 is 5.16. The summed E-state index contributed by atoms with van der Waals surface area (Å²) in [5.74, 6) is 0. The van der Waals surface area contributed by atoms with E-state index in [0.29, 0.717) is 0 Å². The smallest absolute Gasteiger partial charge is 0.0588 e. The Hall–Kier alpha value is -6.22. The zero-order valence-corrected chi connectivity index (χ0v) is 30.4. The molecule has 1 aliphatic rings. The van der Waals surface area contributed by atoms with Gasteiger partial charge in [0.15, 0.2) is 0 Å². The highest BCUT2D eigenvalue weighted by atomic mass is 32.1. The fourth-order valence-corrected chi connectivity index (χ4v) is 10.2. The molecule has 0 aliphatic heterocycles. The third-order valence-electron chi connectivity index (χ3n) is 11.6. The monoisotopic (exact) mass is 693 g/mol. The summed E-state index contributed by atoms with van der Waals surface area (Å²) in [5.41, 5.74) is 16.6. The van der Waals surface area contributed by atoms with Crippen LogP contribution in [0, 0.1) is 0 Å². The minimum Gasteiger partial charge on any atom is -0.309 e. The van der Waals surface area contributed by atoms with E-state index in [-0.39, 0.29) is 5.41 Å². The molecule has 0 saturated heterocycles. The number of rotatable bonds is 4. The first-order chi connectivity index (χ1) is 26.0. The van der Waals surface area contributed by atoms with Gasteiger partial charge in [0.2, 0.25) is 0 Å². The topological polar surface area (TPSA) is 4.93 Å². The second-order valence-corrected chi connectivity index (χ2v) is 16.0. The van der Waals surface area contributed by atoms with E-state index in [4.69, 9.17) is 0 Å². The van der Waals surface area contributed by atoms with Crippen LogP contribution in [0.4, 0.5) is 0 Å². The molecule has 250 valence electrons. The van der Waals surface area contributed by atoms with Crippen molar-refractivity contribution in [3.63, 3.8) is 0 Å². The van der Waals surface area contributed by atoms with Gasteiger partial charge in [0, 0.05) is 42.0 Å². The number of fused-ring (bicyclic) bond motifs is 10. The average molecular weight is 694 g/mol. The lowest BCUT2D eigenvalue weighted by atomic mass is 9.81. The van der Waals surface area contributed by atoms with Gasteiger partial charge in [-0.2, -0.15) is 0 Å². The molecule has 1 aliphatic carbocycles. The molecule has 0 fully saturated rings. The molecule has 2 aromatic heterocycles. The molecule has 0 bridgehead atoms. The Morgan fingerprint density at radius 2 is 1.11 bits per heavy atom. The quantitative estimate of drug-likeness (QED) is 0.173. The van der Waals surface area contributed by atoms with Crippen molar-refractivity contribution in [2.75, 3.05) is 0 Å². The molecule has 53 heavy (non-hydrogen) atoms. The molecule has 11 rings (SSSR count). The standard InChI is InChI=1S/C51H35NS/c1-51(2)44-19-8-6-16-39(44)41-27-28-42-40-17-7-9-20-45(40)52(50(42)49(41)51)37-26-29-46-43(31-37)48-38(18-11-21-47(48)53-46)36-15-10-14-35(30-36)34-24-22-33(23-25-34)32-12-4-3-5-13-32/h3-31H,1-2H3. The Balaban J connectivity index is 1.10. The van der Waals surface area contributed by atoms with Crippen molar-refractivity contribution in [2.24, 2.45) is 0 Å². The van der Waals surface area contributed by atoms with Crippen molar-refractivity contribution >= 4 is 53.3 Å². The predicted octanol–water partition coefficient (Wildman–Crippen LogP) is 14.5. The second kappa shape index (κ2) is 11.4. The maximum Gasteiger partial charge on any atom is 0.0588 e. The Morgan fingerprint density at radius 3 is 1.98 bits per heavy atom. The Morgan fingerprint density at radius 1 is 0.434 bits per heavy atom. The van der Waals surface area contributed by atoms with E-state index in [1.807, 2.05) is 11.3 Å². The molecule has 0 atom stereocenters. The lowest BCUT2D eigenvalue weighted by Crippen LogP contribution is -2.16. The number of benzene rings is 8. The van der Waals surface area contributed by atoms with Crippen molar-refractivity contribution in [1.29, 1.82) is 0 Å². The largest absolute Gasteiger partial charge is 0.309 e. The van der Waals surface area contributed by atoms with E-state index in [2.05, 4.69) is 194 Å². The van der Waals surface area contributed by atoms with Crippen molar-refractivity contribution in [3.05, 3.63) is 187 Å². The Labute approximate surface area is 313 Å². The molecule has 2 heterocycles.